The number of carbonyl (C=O) groups is 1. The number of halogens is 1. The van der Waals surface area contributed by atoms with Crippen molar-refractivity contribution in [3.8, 4) is 0 Å². The van der Waals surface area contributed by atoms with E-state index in [-0.39, 0.29) is 23.6 Å². The number of rotatable bonds is 3. The molecule has 6 nitrogen and oxygen atoms in total. The Morgan fingerprint density at radius 1 is 1.50 bits per heavy atom. The van der Waals surface area contributed by atoms with Gasteiger partial charge >= 0.3 is 0 Å². The van der Waals surface area contributed by atoms with Crippen LogP contribution in [0.4, 0.5) is 5.69 Å². The molecule has 1 aromatic rings. The second-order valence-corrected chi connectivity index (χ2v) is 2.98. The fraction of sp³-hybridized carbons (Fsp3) is 0.222. The molecule has 0 aromatic heterocycles. The van der Waals surface area contributed by atoms with E-state index in [1.807, 2.05) is 0 Å². The van der Waals surface area contributed by atoms with Gasteiger partial charge in [-0.25, -0.2) is 0 Å². The van der Waals surface area contributed by atoms with Crippen LogP contribution < -0.4 is 5.73 Å². The monoisotopic (exact) mass is 248 g/mol. The number of nitro benzene ring substituents is 1. The first-order valence-corrected chi connectivity index (χ1v) is 4.06. The molecule has 1 rings (SSSR count). The Bertz CT molecular complexity index is 384. The Morgan fingerprint density at radius 3 is 2.50 bits per heavy atom. The lowest BCUT2D eigenvalue weighted by atomic mass is 10.0. The summed E-state index contributed by atoms with van der Waals surface area (Å²) in [6, 6.07) is 5.90. The van der Waals surface area contributed by atoms with Crippen LogP contribution in [0.2, 0.25) is 0 Å². The highest BCUT2D eigenvalue weighted by Gasteiger charge is 2.14. The summed E-state index contributed by atoms with van der Waals surface area (Å²) in [6.07, 6.45) is 0. The van der Waals surface area contributed by atoms with Crippen LogP contribution >= 0.6 is 12.4 Å². The molecule has 1 unspecified atom stereocenters. The number of nitrogens with zero attached hydrogens (tertiary/aromatic N) is 1. The minimum Gasteiger partial charge on any atom is -0.412 e. The van der Waals surface area contributed by atoms with Gasteiger partial charge in [0.05, 0.1) is 10.8 Å². The molecule has 0 saturated heterocycles. The smallest absolute Gasteiger partial charge is 0.269 e. The van der Waals surface area contributed by atoms with Crippen LogP contribution in [0, 0.1) is 10.1 Å². The predicted molar refractivity (Wildman–Crippen MR) is 61.6 cm³/mol. The van der Waals surface area contributed by atoms with Gasteiger partial charge in [-0.1, -0.05) is 12.1 Å². The van der Waals surface area contributed by atoms with Gasteiger partial charge in [-0.2, -0.15) is 0 Å². The van der Waals surface area contributed by atoms with Crippen LogP contribution in [0.25, 0.3) is 0 Å². The second kappa shape index (κ2) is 6.76. The van der Waals surface area contributed by atoms with Crippen molar-refractivity contribution >= 4 is 24.0 Å². The Kier molecular flexibility index (Phi) is 7.08. The van der Waals surface area contributed by atoms with Gasteiger partial charge in [0, 0.05) is 12.1 Å². The fourth-order valence-corrected chi connectivity index (χ4v) is 1.07. The lowest BCUT2D eigenvalue weighted by Crippen LogP contribution is -2.18. The third-order valence-corrected chi connectivity index (χ3v) is 2.01. The van der Waals surface area contributed by atoms with Gasteiger partial charge in [0.1, 0.15) is 0 Å². The van der Waals surface area contributed by atoms with E-state index in [0.717, 1.165) is 0 Å². The minimum atomic E-state index is -0.505. The van der Waals surface area contributed by atoms with Crippen LogP contribution in [-0.4, -0.2) is 16.3 Å². The Hall–Kier alpha value is -1.66. The molecule has 0 radical (unpaired) electrons. The van der Waals surface area contributed by atoms with E-state index in [2.05, 4.69) is 0 Å². The molecule has 1 atom stereocenters. The minimum absolute atomic E-state index is 0. The zero-order valence-electron chi connectivity index (χ0n) is 8.54. The van der Waals surface area contributed by atoms with Gasteiger partial charge in [0.15, 0.2) is 0 Å². The van der Waals surface area contributed by atoms with Crippen molar-refractivity contribution in [1.29, 1.82) is 0 Å². The van der Waals surface area contributed by atoms with E-state index in [0.29, 0.717) is 5.56 Å². The molecule has 7 heteroatoms. The van der Waals surface area contributed by atoms with E-state index in [4.69, 9.17) is 5.73 Å². The molecule has 0 fully saturated rings. The highest BCUT2D eigenvalue weighted by Crippen LogP contribution is 2.19. The van der Waals surface area contributed by atoms with Crippen molar-refractivity contribution in [1.82, 2.24) is 0 Å². The molecule has 0 heterocycles. The molecule has 0 aliphatic rings. The number of hydrogen-bond donors (Lipinski definition) is 1. The lowest BCUT2D eigenvalue weighted by molar-refractivity contribution is -0.384. The largest absolute Gasteiger partial charge is 0.412 e. The van der Waals surface area contributed by atoms with Gasteiger partial charge in [-0.05, 0) is 12.5 Å². The molecule has 16 heavy (non-hydrogen) atoms. The quantitative estimate of drug-likeness (QED) is 0.629. The first kappa shape index (κ1) is 16.8. The van der Waals surface area contributed by atoms with Gasteiger partial charge in [-0.15, -0.1) is 12.4 Å². The highest BCUT2D eigenvalue weighted by atomic mass is 35.5. The molecule has 0 bridgehead atoms. The van der Waals surface area contributed by atoms with Crippen molar-refractivity contribution in [3.05, 3.63) is 39.9 Å². The maximum atomic E-state index is 10.8. The van der Waals surface area contributed by atoms with Crippen LogP contribution in [0.3, 0.4) is 0 Å². The van der Waals surface area contributed by atoms with Gasteiger partial charge in [0.25, 0.3) is 5.69 Å². The summed E-state index contributed by atoms with van der Waals surface area (Å²) in [7, 11) is 0. The van der Waals surface area contributed by atoms with Crippen LogP contribution in [0.1, 0.15) is 18.4 Å². The van der Waals surface area contributed by atoms with Crippen molar-refractivity contribution < 1.29 is 15.2 Å². The van der Waals surface area contributed by atoms with Gasteiger partial charge < -0.3 is 11.2 Å². The van der Waals surface area contributed by atoms with E-state index in [9.17, 15) is 14.9 Å². The first-order chi connectivity index (χ1) is 6.52. The molecular formula is C9H13ClN2O4. The SMILES string of the molecule is CC(C(N)=O)c1cccc([N+](=O)[O-])c1.Cl.O. The summed E-state index contributed by atoms with van der Waals surface area (Å²) >= 11 is 0. The van der Waals surface area contributed by atoms with Crippen LogP contribution in [0.5, 0.6) is 0 Å². The van der Waals surface area contributed by atoms with Crippen molar-refractivity contribution in [2.45, 2.75) is 12.8 Å². The van der Waals surface area contributed by atoms with E-state index < -0.39 is 16.7 Å². The molecule has 0 aliphatic heterocycles. The average molecular weight is 249 g/mol. The topological polar surface area (TPSA) is 118 Å². The van der Waals surface area contributed by atoms with Crippen molar-refractivity contribution in [3.63, 3.8) is 0 Å². The number of benzene rings is 1. The third-order valence-electron chi connectivity index (χ3n) is 2.01. The zero-order chi connectivity index (χ0) is 10.7. The van der Waals surface area contributed by atoms with E-state index in [1.165, 1.54) is 18.2 Å². The Balaban J connectivity index is 0. The average Bonchev–Trinajstić information content (AvgIpc) is 2.16. The number of non-ortho nitro benzene ring substituents is 1. The number of amides is 1. The van der Waals surface area contributed by atoms with Gasteiger partial charge in [-0.3, -0.25) is 14.9 Å². The third kappa shape index (κ3) is 3.84. The highest BCUT2D eigenvalue weighted by molar-refractivity contribution is 5.85. The Morgan fingerprint density at radius 2 is 2.06 bits per heavy atom. The normalized spacial score (nSPS) is 10.6. The lowest BCUT2D eigenvalue weighted by Gasteiger charge is -2.06. The zero-order valence-corrected chi connectivity index (χ0v) is 9.36. The predicted octanol–water partition coefficient (Wildman–Crippen LogP) is 0.781. The second-order valence-electron chi connectivity index (χ2n) is 2.98. The van der Waals surface area contributed by atoms with Gasteiger partial charge in [0.2, 0.25) is 5.91 Å². The summed E-state index contributed by atoms with van der Waals surface area (Å²) in [5.41, 5.74) is 5.62. The summed E-state index contributed by atoms with van der Waals surface area (Å²) in [4.78, 5) is 20.8. The molecule has 0 spiro atoms. The fourth-order valence-electron chi connectivity index (χ4n) is 1.07. The molecule has 90 valence electrons. The number of hydrogen-bond acceptors (Lipinski definition) is 3. The van der Waals surface area contributed by atoms with E-state index in [1.54, 1.807) is 13.0 Å². The number of primary amides is 1. The van der Waals surface area contributed by atoms with Crippen molar-refractivity contribution in [2.75, 3.05) is 0 Å². The maximum absolute atomic E-state index is 10.8. The molecule has 1 amide bonds. The molecule has 0 aliphatic carbocycles. The van der Waals surface area contributed by atoms with E-state index >= 15 is 0 Å². The molecular weight excluding hydrogens is 236 g/mol. The summed E-state index contributed by atoms with van der Waals surface area (Å²) in [5.74, 6) is -1.000. The number of carbonyl (C=O) groups excluding carboxylic acids is 1. The Labute approximate surface area is 98.3 Å². The molecule has 4 N–H and O–H groups in total. The standard InChI is InChI=1S/C9H10N2O3.ClH.H2O/c1-6(9(10)12)7-3-2-4-8(5-7)11(13)14;;/h2-6H,1H3,(H2,10,12);1H;1H2. The van der Waals surface area contributed by atoms with Crippen LogP contribution in [-0.2, 0) is 4.79 Å². The summed E-state index contributed by atoms with van der Waals surface area (Å²) in [5, 5.41) is 10.4. The van der Waals surface area contributed by atoms with Crippen molar-refractivity contribution in [2.24, 2.45) is 5.73 Å². The first-order valence-electron chi connectivity index (χ1n) is 4.06. The molecule has 0 saturated carbocycles. The summed E-state index contributed by atoms with van der Waals surface area (Å²) in [6.45, 7) is 1.61. The molecule has 1 aromatic carbocycles. The maximum Gasteiger partial charge on any atom is 0.269 e. The van der Waals surface area contributed by atoms with Crippen LogP contribution in [0.15, 0.2) is 24.3 Å². The number of nitro groups is 1. The number of nitrogens with two attached hydrogens (primary N) is 1. The summed E-state index contributed by atoms with van der Waals surface area (Å²) < 4.78 is 0.